The third kappa shape index (κ3) is 6.48. The van der Waals surface area contributed by atoms with Gasteiger partial charge in [0.15, 0.2) is 0 Å². The molecule has 0 saturated heterocycles. The first kappa shape index (κ1) is 14.8. The summed E-state index contributed by atoms with van der Waals surface area (Å²) in [5.41, 5.74) is 0. The molecule has 2 rings (SSSR count). The van der Waals surface area contributed by atoms with Crippen LogP contribution in [0.25, 0.3) is 0 Å². The molecular formula is C14H23N3O. The zero-order valence-electron chi connectivity index (χ0n) is 11.0. The summed E-state index contributed by atoms with van der Waals surface area (Å²) < 4.78 is 0. The Morgan fingerprint density at radius 3 is 1.44 bits per heavy atom. The van der Waals surface area contributed by atoms with Crippen LogP contribution in [-0.2, 0) is 4.79 Å². The van der Waals surface area contributed by atoms with E-state index in [0.29, 0.717) is 12.1 Å². The Labute approximate surface area is 109 Å². The van der Waals surface area contributed by atoms with Gasteiger partial charge in [-0.05, 0) is 25.7 Å². The Morgan fingerprint density at radius 1 is 0.778 bits per heavy atom. The van der Waals surface area contributed by atoms with E-state index in [-0.39, 0.29) is 0 Å². The number of carbonyl (C=O) groups excluding carboxylic acids is 1. The second-order valence-corrected chi connectivity index (χ2v) is 5.04. The maximum Gasteiger partial charge on any atom is 0.231 e. The number of rotatable bonds is 2. The Bertz CT molecular complexity index is 281. The van der Waals surface area contributed by atoms with Gasteiger partial charge in [-0.25, -0.2) is 20.2 Å². The number of nitrogens with zero attached hydrogens (tertiary/aromatic N) is 2. The average molecular weight is 249 g/mol. The molecule has 0 amide bonds. The van der Waals surface area contributed by atoms with E-state index in [1.165, 1.54) is 64.2 Å². The predicted octanol–water partition coefficient (Wildman–Crippen LogP) is 3.73. The second-order valence-electron chi connectivity index (χ2n) is 5.04. The molecule has 0 aromatic rings. The third-order valence-corrected chi connectivity index (χ3v) is 3.63. The highest BCUT2D eigenvalue weighted by Crippen LogP contribution is 2.21. The van der Waals surface area contributed by atoms with Gasteiger partial charge in [0.1, 0.15) is 0 Å². The lowest BCUT2D eigenvalue weighted by Crippen LogP contribution is -2.10. The highest BCUT2D eigenvalue weighted by Gasteiger charge is 2.12. The molecule has 2 fully saturated rings. The minimum atomic E-state index is 0.533. The van der Waals surface area contributed by atoms with Crippen LogP contribution < -0.4 is 0 Å². The van der Waals surface area contributed by atoms with E-state index in [2.05, 4.69) is 16.0 Å². The van der Waals surface area contributed by atoms with Crippen molar-refractivity contribution in [2.24, 2.45) is 9.98 Å². The van der Waals surface area contributed by atoms with Crippen LogP contribution in [0.2, 0.25) is 0 Å². The number of aliphatic imine (C=N–C) groups is 2. The number of hydrogen-bond donors (Lipinski definition) is 1. The standard InChI is InChI=1S/C13H22N2.CHNO/c1-3-7-12(8-4-1)14-11-15-13-9-5-2-6-10-13;2-1-3/h12-13H,1-10H2;2H. The Balaban J connectivity index is 0.000000492. The van der Waals surface area contributed by atoms with Crippen molar-refractivity contribution in [2.75, 3.05) is 0 Å². The van der Waals surface area contributed by atoms with Gasteiger partial charge in [0, 0.05) is 0 Å². The van der Waals surface area contributed by atoms with Crippen LogP contribution in [-0.4, -0.2) is 24.2 Å². The van der Waals surface area contributed by atoms with Crippen LogP contribution in [0.1, 0.15) is 64.2 Å². The topological polar surface area (TPSA) is 65.6 Å². The fourth-order valence-electron chi connectivity index (χ4n) is 2.62. The first-order valence-corrected chi connectivity index (χ1v) is 7.05. The van der Waals surface area contributed by atoms with Gasteiger partial charge in [-0.1, -0.05) is 38.5 Å². The Morgan fingerprint density at radius 2 is 1.11 bits per heavy atom. The molecule has 100 valence electrons. The summed E-state index contributed by atoms with van der Waals surface area (Å²) in [6, 6.07) is 4.04. The minimum Gasteiger partial charge on any atom is -0.222 e. The molecule has 2 aliphatic carbocycles. The fraction of sp³-hybridized carbons (Fsp3) is 0.857. The molecular weight excluding hydrogens is 226 g/mol. The molecule has 4 heteroatoms. The molecule has 0 unspecified atom stereocenters. The summed E-state index contributed by atoms with van der Waals surface area (Å²) in [5, 5.41) is 5.40. The number of nitrogens with one attached hydrogen (secondary N) is 1. The quantitative estimate of drug-likeness (QED) is 0.588. The lowest BCUT2D eigenvalue weighted by Gasteiger charge is -2.17. The molecule has 4 nitrogen and oxygen atoms in total. The number of hydrogen-bond acceptors (Lipinski definition) is 4. The SMILES string of the molecule is C(=NC1CCCCC1)=NC1CCCCC1.N=C=O. The Kier molecular flexibility index (Phi) is 8.03. The summed E-state index contributed by atoms with van der Waals surface area (Å²) in [5.74, 6) is 0. The summed E-state index contributed by atoms with van der Waals surface area (Å²) in [4.78, 5) is 17.3. The highest BCUT2D eigenvalue weighted by molar-refractivity contribution is 5.42. The van der Waals surface area contributed by atoms with Crippen molar-refractivity contribution < 1.29 is 4.79 Å². The molecule has 2 aliphatic rings. The van der Waals surface area contributed by atoms with Crippen LogP contribution in [0.5, 0.6) is 0 Å². The van der Waals surface area contributed by atoms with E-state index in [1.807, 2.05) is 0 Å². The second kappa shape index (κ2) is 9.76. The Hall–Kier alpha value is -1.24. The lowest BCUT2D eigenvalue weighted by atomic mass is 9.96. The van der Waals surface area contributed by atoms with Crippen LogP contribution in [0.15, 0.2) is 9.98 Å². The number of isocyanates is 1. The van der Waals surface area contributed by atoms with Gasteiger partial charge in [0.05, 0.1) is 18.1 Å². The minimum absolute atomic E-state index is 0.533. The maximum absolute atomic E-state index is 8.35. The molecule has 0 aromatic heterocycles. The molecule has 0 bridgehead atoms. The zero-order valence-corrected chi connectivity index (χ0v) is 11.0. The van der Waals surface area contributed by atoms with Gasteiger partial charge in [0.2, 0.25) is 6.08 Å². The van der Waals surface area contributed by atoms with Crippen molar-refractivity contribution in [3.63, 3.8) is 0 Å². The molecule has 0 atom stereocenters. The van der Waals surface area contributed by atoms with Gasteiger partial charge in [-0.15, -0.1) is 0 Å². The van der Waals surface area contributed by atoms with E-state index >= 15 is 0 Å². The van der Waals surface area contributed by atoms with E-state index in [9.17, 15) is 0 Å². The highest BCUT2D eigenvalue weighted by atomic mass is 16.1. The summed E-state index contributed by atoms with van der Waals surface area (Å²) in [7, 11) is 0. The average Bonchev–Trinajstić information content (AvgIpc) is 2.42. The maximum atomic E-state index is 8.35. The van der Waals surface area contributed by atoms with Crippen molar-refractivity contribution in [1.29, 1.82) is 5.41 Å². The lowest BCUT2D eigenvalue weighted by molar-refractivity contribution is 0.438. The largest absolute Gasteiger partial charge is 0.231 e. The summed E-state index contributed by atoms with van der Waals surface area (Å²) >= 11 is 0. The van der Waals surface area contributed by atoms with Crippen LogP contribution >= 0.6 is 0 Å². The molecule has 2 saturated carbocycles. The van der Waals surface area contributed by atoms with Gasteiger partial charge in [0.25, 0.3) is 0 Å². The molecule has 0 aromatic carbocycles. The van der Waals surface area contributed by atoms with Crippen molar-refractivity contribution in [3.05, 3.63) is 0 Å². The van der Waals surface area contributed by atoms with Crippen LogP contribution in [0, 0.1) is 5.41 Å². The first-order valence-electron chi connectivity index (χ1n) is 7.05. The van der Waals surface area contributed by atoms with E-state index in [4.69, 9.17) is 10.2 Å². The summed E-state index contributed by atoms with van der Waals surface area (Å²) in [6.45, 7) is 0. The molecule has 1 N–H and O–H groups in total. The van der Waals surface area contributed by atoms with Crippen molar-refractivity contribution in [1.82, 2.24) is 0 Å². The fourth-order valence-corrected chi connectivity index (χ4v) is 2.62. The smallest absolute Gasteiger partial charge is 0.222 e. The summed E-state index contributed by atoms with van der Waals surface area (Å²) in [6.07, 6.45) is 14.0. The molecule has 0 aliphatic heterocycles. The monoisotopic (exact) mass is 249 g/mol. The molecule has 0 spiro atoms. The van der Waals surface area contributed by atoms with E-state index in [0.717, 1.165) is 6.08 Å². The van der Waals surface area contributed by atoms with Crippen LogP contribution in [0.3, 0.4) is 0 Å². The van der Waals surface area contributed by atoms with Gasteiger partial charge in [-0.3, -0.25) is 0 Å². The van der Waals surface area contributed by atoms with Gasteiger partial charge < -0.3 is 0 Å². The van der Waals surface area contributed by atoms with Gasteiger partial charge >= 0.3 is 0 Å². The van der Waals surface area contributed by atoms with E-state index < -0.39 is 0 Å². The molecule has 0 heterocycles. The zero-order chi connectivity index (χ0) is 13.1. The van der Waals surface area contributed by atoms with Crippen molar-refractivity contribution >= 4 is 12.1 Å². The van der Waals surface area contributed by atoms with Gasteiger partial charge in [-0.2, -0.15) is 0 Å². The molecule has 0 radical (unpaired) electrons. The van der Waals surface area contributed by atoms with Crippen LogP contribution in [0.4, 0.5) is 0 Å². The predicted molar refractivity (Wildman–Crippen MR) is 72.0 cm³/mol. The van der Waals surface area contributed by atoms with Crippen molar-refractivity contribution in [2.45, 2.75) is 76.3 Å². The third-order valence-electron chi connectivity index (χ3n) is 3.63. The molecule has 18 heavy (non-hydrogen) atoms. The first-order chi connectivity index (χ1) is 8.86. The van der Waals surface area contributed by atoms with Crippen molar-refractivity contribution in [3.8, 4) is 0 Å². The van der Waals surface area contributed by atoms with E-state index in [1.54, 1.807) is 0 Å². The normalized spacial score (nSPS) is 20.9.